The number of benzene rings is 1. The number of esters is 1. The molecule has 0 bridgehead atoms. The molecule has 1 aromatic heterocycles. The molecule has 0 atom stereocenters. The van der Waals surface area contributed by atoms with Crippen molar-refractivity contribution in [2.75, 3.05) is 31.0 Å². The molecule has 1 heterocycles. The Balaban J connectivity index is 2.51. The van der Waals surface area contributed by atoms with Crippen LogP contribution in [0.25, 0.3) is 0 Å². The summed E-state index contributed by atoms with van der Waals surface area (Å²) in [7, 11) is -0.865. The molecule has 2 rings (SSSR count). The van der Waals surface area contributed by atoms with Crippen LogP contribution in [-0.4, -0.2) is 44.8 Å². The van der Waals surface area contributed by atoms with Crippen LogP contribution in [0.5, 0.6) is 0 Å². The number of anilines is 3. The third-order valence-electron chi connectivity index (χ3n) is 3.09. The molecule has 0 amide bonds. The molecule has 1 aromatic carbocycles. The molecule has 0 aliphatic carbocycles. The molecule has 8 nitrogen and oxygen atoms in total. The van der Waals surface area contributed by atoms with Gasteiger partial charge in [0.2, 0.25) is 0 Å². The van der Waals surface area contributed by atoms with Crippen LogP contribution < -0.4 is 10.6 Å². The molecule has 11 heteroatoms. The molecule has 134 valence electrons. The first-order valence-electron chi connectivity index (χ1n) is 6.77. The molecule has 0 aliphatic rings. The lowest BCUT2D eigenvalue weighted by atomic mass is 10.3. The first-order valence-corrected chi connectivity index (χ1v) is 9.04. The second-order valence-corrected chi connectivity index (χ2v) is 7.21. The quantitative estimate of drug-likeness (QED) is 0.750. The van der Waals surface area contributed by atoms with Gasteiger partial charge in [-0.25, -0.2) is 27.6 Å². The van der Waals surface area contributed by atoms with Crippen molar-refractivity contribution in [2.45, 2.75) is 4.90 Å². The van der Waals surface area contributed by atoms with E-state index in [1.54, 1.807) is 7.05 Å². The predicted molar refractivity (Wildman–Crippen MR) is 90.7 cm³/mol. The summed E-state index contributed by atoms with van der Waals surface area (Å²) < 4.78 is 41.7. The summed E-state index contributed by atoms with van der Waals surface area (Å²) in [5.74, 6) is -1.62. The average molecular weight is 389 g/mol. The Bertz CT molecular complexity index is 937. The summed E-state index contributed by atoms with van der Waals surface area (Å²) in [6, 6.07) is 3.29. The van der Waals surface area contributed by atoms with Gasteiger partial charge in [-0.2, -0.15) is 0 Å². The van der Waals surface area contributed by atoms with E-state index in [2.05, 4.69) is 25.3 Å². The fourth-order valence-corrected chi connectivity index (χ4v) is 2.71. The van der Waals surface area contributed by atoms with E-state index in [4.69, 9.17) is 11.6 Å². The van der Waals surface area contributed by atoms with Crippen molar-refractivity contribution >= 4 is 44.7 Å². The Morgan fingerprint density at radius 2 is 1.96 bits per heavy atom. The van der Waals surface area contributed by atoms with Crippen LogP contribution in [0.4, 0.5) is 21.7 Å². The van der Waals surface area contributed by atoms with Crippen LogP contribution in [0.15, 0.2) is 23.1 Å². The summed E-state index contributed by atoms with van der Waals surface area (Å²) in [6.07, 6.45) is 0.966. The molecular weight excluding hydrogens is 375 g/mol. The molecule has 25 heavy (non-hydrogen) atoms. The number of halogens is 2. The smallest absolute Gasteiger partial charge is 0.360 e. The van der Waals surface area contributed by atoms with Crippen molar-refractivity contribution in [3.8, 4) is 0 Å². The topological polar surface area (TPSA) is 110 Å². The van der Waals surface area contributed by atoms with E-state index in [9.17, 15) is 17.6 Å². The summed E-state index contributed by atoms with van der Waals surface area (Å²) in [6.45, 7) is 0. The van der Waals surface area contributed by atoms with Crippen molar-refractivity contribution in [1.29, 1.82) is 0 Å². The summed E-state index contributed by atoms with van der Waals surface area (Å²) in [4.78, 5) is 19.6. The molecule has 2 aromatic rings. The average Bonchev–Trinajstić information content (AvgIpc) is 2.56. The highest BCUT2D eigenvalue weighted by molar-refractivity contribution is 7.90. The van der Waals surface area contributed by atoms with Gasteiger partial charge in [-0.15, -0.1) is 0 Å². The standard InChI is InChI=1S/C14H14ClFN4O4S/c1-17-13-11(15)19-10(14(21)24-2)12(20-13)18-9-5-4-7(6-8(9)16)25(3,22)23/h4-6H,1-3H3,(H2,17,18,20). The van der Waals surface area contributed by atoms with E-state index in [1.165, 1.54) is 12.1 Å². The highest BCUT2D eigenvalue weighted by Gasteiger charge is 2.20. The van der Waals surface area contributed by atoms with Gasteiger partial charge in [0.05, 0.1) is 17.7 Å². The molecule has 0 aliphatic heterocycles. The van der Waals surface area contributed by atoms with Gasteiger partial charge in [0.25, 0.3) is 0 Å². The predicted octanol–water partition coefficient (Wildman–Crippen LogP) is 2.24. The van der Waals surface area contributed by atoms with Crippen LogP contribution in [0.2, 0.25) is 5.15 Å². The van der Waals surface area contributed by atoms with E-state index in [1.807, 2.05) is 0 Å². The minimum Gasteiger partial charge on any atom is -0.464 e. The minimum atomic E-state index is -3.55. The van der Waals surface area contributed by atoms with Crippen LogP contribution >= 0.6 is 11.6 Å². The number of ether oxygens (including phenoxy) is 1. The Morgan fingerprint density at radius 1 is 1.28 bits per heavy atom. The van der Waals surface area contributed by atoms with Gasteiger partial charge < -0.3 is 15.4 Å². The summed E-state index contributed by atoms with van der Waals surface area (Å²) >= 11 is 5.90. The molecule has 0 saturated carbocycles. The van der Waals surface area contributed by atoms with Crippen LogP contribution in [-0.2, 0) is 14.6 Å². The number of methoxy groups -OCH3 is 1. The minimum absolute atomic E-state index is 0.0682. The van der Waals surface area contributed by atoms with E-state index in [0.717, 1.165) is 19.4 Å². The fourth-order valence-electron chi connectivity index (χ4n) is 1.86. The number of nitrogens with one attached hydrogen (secondary N) is 2. The van der Waals surface area contributed by atoms with Gasteiger partial charge >= 0.3 is 5.97 Å². The van der Waals surface area contributed by atoms with Crippen LogP contribution in [0, 0.1) is 5.82 Å². The Labute approximate surface area is 148 Å². The number of aromatic nitrogens is 2. The highest BCUT2D eigenvalue weighted by Crippen LogP contribution is 2.27. The number of rotatable bonds is 5. The van der Waals surface area contributed by atoms with Gasteiger partial charge in [0.15, 0.2) is 32.3 Å². The van der Waals surface area contributed by atoms with Gasteiger partial charge in [0, 0.05) is 13.3 Å². The second-order valence-electron chi connectivity index (χ2n) is 4.84. The molecular formula is C14H14ClFN4O4S. The summed E-state index contributed by atoms with van der Waals surface area (Å²) in [5, 5.41) is 5.20. The van der Waals surface area contributed by atoms with E-state index in [0.29, 0.717) is 0 Å². The van der Waals surface area contributed by atoms with Crippen LogP contribution in [0.3, 0.4) is 0 Å². The molecule has 0 saturated heterocycles. The van der Waals surface area contributed by atoms with Gasteiger partial charge in [-0.05, 0) is 18.2 Å². The summed E-state index contributed by atoms with van der Waals surface area (Å²) in [5.41, 5.74) is -0.352. The monoisotopic (exact) mass is 388 g/mol. The highest BCUT2D eigenvalue weighted by atomic mass is 35.5. The van der Waals surface area contributed by atoms with E-state index in [-0.39, 0.29) is 33.1 Å². The normalized spacial score (nSPS) is 11.1. The largest absolute Gasteiger partial charge is 0.464 e. The van der Waals surface area contributed by atoms with Crippen molar-refractivity contribution in [1.82, 2.24) is 9.97 Å². The number of sulfone groups is 1. The molecule has 0 radical (unpaired) electrons. The SMILES string of the molecule is CNc1nc(Nc2ccc(S(C)(=O)=O)cc2F)c(C(=O)OC)nc1Cl. The maximum Gasteiger partial charge on any atom is 0.360 e. The zero-order chi connectivity index (χ0) is 18.8. The second kappa shape index (κ2) is 7.19. The van der Waals surface area contributed by atoms with Crippen molar-refractivity contribution < 1.29 is 22.3 Å². The number of carbonyl (C=O) groups excluding carboxylic acids is 1. The zero-order valence-corrected chi connectivity index (χ0v) is 15.0. The van der Waals surface area contributed by atoms with Crippen molar-refractivity contribution in [2.24, 2.45) is 0 Å². The maximum atomic E-state index is 14.2. The fraction of sp³-hybridized carbons (Fsp3) is 0.214. The lowest BCUT2D eigenvalue weighted by Crippen LogP contribution is -2.12. The van der Waals surface area contributed by atoms with Gasteiger partial charge in [-0.3, -0.25) is 0 Å². The van der Waals surface area contributed by atoms with Gasteiger partial charge in [-0.1, -0.05) is 11.6 Å². The number of hydrogen-bond acceptors (Lipinski definition) is 8. The third kappa shape index (κ3) is 4.15. The number of nitrogens with zero attached hydrogens (tertiary/aromatic N) is 2. The van der Waals surface area contributed by atoms with E-state index >= 15 is 0 Å². The Morgan fingerprint density at radius 3 is 2.48 bits per heavy atom. The Kier molecular flexibility index (Phi) is 5.43. The number of hydrogen-bond donors (Lipinski definition) is 2. The van der Waals surface area contributed by atoms with Crippen LogP contribution in [0.1, 0.15) is 10.5 Å². The number of carbonyl (C=O) groups is 1. The lowest BCUT2D eigenvalue weighted by molar-refractivity contribution is 0.0595. The Hall–Kier alpha value is -2.46. The zero-order valence-electron chi connectivity index (χ0n) is 13.4. The first kappa shape index (κ1) is 18.9. The van der Waals surface area contributed by atoms with E-state index < -0.39 is 21.6 Å². The molecule has 0 unspecified atom stereocenters. The van der Waals surface area contributed by atoms with Gasteiger partial charge in [0.1, 0.15) is 5.82 Å². The maximum absolute atomic E-state index is 14.2. The molecule has 2 N–H and O–H groups in total. The molecule has 0 spiro atoms. The lowest BCUT2D eigenvalue weighted by Gasteiger charge is -2.13. The third-order valence-corrected chi connectivity index (χ3v) is 4.46. The van der Waals surface area contributed by atoms with Crippen molar-refractivity contribution in [3.05, 3.63) is 34.9 Å². The van der Waals surface area contributed by atoms with Crippen molar-refractivity contribution in [3.63, 3.8) is 0 Å². The first-order chi connectivity index (χ1) is 11.7. The molecule has 0 fully saturated rings.